The van der Waals surface area contributed by atoms with E-state index in [9.17, 15) is 8.42 Å². The minimum Gasteiger partial charge on any atom is -0.465 e. The van der Waals surface area contributed by atoms with Crippen molar-refractivity contribution in [1.82, 2.24) is 9.62 Å². The summed E-state index contributed by atoms with van der Waals surface area (Å²) in [5.41, 5.74) is 0.716. The molecule has 0 aliphatic carbocycles. The summed E-state index contributed by atoms with van der Waals surface area (Å²) in [5, 5.41) is 3.00. The fraction of sp³-hybridized carbons (Fsp3) is 0.692. The number of nitrogens with zero attached hydrogens (tertiary/aromatic N) is 1. The van der Waals surface area contributed by atoms with Gasteiger partial charge in [-0.1, -0.05) is 0 Å². The largest absolute Gasteiger partial charge is 0.465 e. The SMILES string of the molecule is CNCc1c(C)oc(C)c1S(=O)(=O)N(C)C(C)CSC. The molecule has 1 unspecified atom stereocenters. The third kappa shape index (κ3) is 3.39. The predicted molar refractivity (Wildman–Crippen MR) is 83.7 cm³/mol. The summed E-state index contributed by atoms with van der Waals surface area (Å²) in [7, 11) is -0.121. The van der Waals surface area contributed by atoms with E-state index in [-0.39, 0.29) is 6.04 Å². The fourth-order valence-corrected chi connectivity index (χ4v) is 4.72. The summed E-state index contributed by atoms with van der Waals surface area (Å²) < 4.78 is 32.6. The quantitative estimate of drug-likeness (QED) is 0.832. The maximum Gasteiger partial charge on any atom is 0.246 e. The van der Waals surface area contributed by atoms with Gasteiger partial charge in [0.05, 0.1) is 0 Å². The zero-order valence-corrected chi connectivity index (χ0v) is 14.6. The van der Waals surface area contributed by atoms with Crippen LogP contribution in [-0.2, 0) is 16.6 Å². The molecule has 0 saturated heterocycles. The van der Waals surface area contributed by atoms with Gasteiger partial charge in [-0.2, -0.15) is 16.1 Å². The number of nitrogens with one attached hydrogen (secondary N) is 1. The van der Waals surface area contributed by atoms with Crippen LogP contribution in [0.4, 0.5) is 0 Å². The Morgan fingerprint density at radius 3 is 2.45 bits per heavy atom. The molecule has 7 heteroatoms. The third-order valence-corrected chi connectivity index (χ3v) is 6.33. The molecule has 0 spiro atoms. The Balaban J connectivity index is 3.28. The highest BCUT2D eigenvalue weighted by molar-refractivity contribution is 7.98. The number of hydrogen-bond acceptors (Lipinski definition) is 5. The summed E-state index contributed by atoms with van der Waals surface area (Å²) in [6, 6.07) is -0.0629. The van der Waals surface area contributed by atoms with Crippen molar-refractivity contribution in [3.05, 3.63) is 17.1 Å². The second-order valence-electron chi connectivity index (χ2n) is 4.88. The normalized spacial score (nSPS) is 13.9. The molecule has 0 bridgehead atoms. The van der Waals surface area contributed by atoms with E-state index in [1.807, 2.05) is 13.2 Å². The Morgan fingerprint density at radius 1 is 1.35 bits per heavy atom. The van der Waals surface area contributed by atoms with Crippen LogP contribution >= 0.6 is 11.8 Å². The molecule has 1 rings (SSSR count). The standard InChI is InChI=1S/C13H24N2O3S2/c1-9(8-19-6)15(5)20(16,17)13-11(3)18-10(2)12(13)7-14-4/h9,14H,7-8H2,1-6H3. The van der Waals surface area contributed by atoms with Gasteiger partial charge in [0.1, 0.15) is 16.4 Å². The average Bonchev–Trinajstić information content (AvgIpc) is 2.64. The number of aryl methyl sites for hydroxylation is 2. The van der Waals surface area contributed by atoms with E-state index >= 15 is 0 Å². The van der Waals surface area contributed by atoms with Gasteiger partial charge in [0.15, 0.2) is 0 Å². The van der Waals surface area contributed by atoms with Crippen molar-refractivity contribution < 1.29 is 12.8 Å². The van der Waals surface area contributed by atoms with Crippen molar-refractivity contribution in [3.63, 3.8) is 0 Å². The first kappa shape index (κ1) is 17.6. The first-order chi connectivity index (χ1) is 9.27. The van der Waals surface area contributed by atoms with Crippen molar-refractivity contribution in [2.45, 2.75) is 38.3 Å². The van der Waals surface area contributed by atoms with Crippen LogP contribution in [0.3, 0.4) is 0 Å². The van der Waals surface area contributed by atoms with E-state index in [2.05, 4.69) is 5.32 Å². The average molecular weight is 320 g/mol. The maximum absolute atomic E-state index is 12.8. The zero-order chi connectivity index (χ0) is 15.5. The molecule has 1 aromatic heterocycles. The minimum absolute atomic E-state index is 0.0629. The van der Waals surface area contributed by atoms with Gasteiger partial charge in [-0.15, -0.1) is 0 Å². The number of hydrogen-bond donors (Lipinski definition) is 1. The predicted octanol–water partition coefficient (Wildman–Crippen LogP) is 1.99. The van der Waals surface area contributed by atoms with Gasteiger partial charge in [-0.05, 0) is 34.1 Å². The van der Waals surface area contributed by atoms with Gasteiger partial charge in [0.25, 0.3) is 0 Å². The lowest BCUT2D eigenvalue weighted by molar-refractivity contribution is 0.412. The number of furan rings is 1. The van der Waals surface area contributed by atoms with Crippen LogP contribution in [-0.4, -0.2) is 44.9 Å². The highest BCUT2D eigenvalue weighted by Crippen LogP contribution is 2.29. The monoisotopic (exact) mass is 320 g/mol. The lowest BCUT2D eigenvalue weighted by atomic mass is 10.2. The lowest BCUT2D eigenvalue weighted by Gasteiger charge is -2.24. The van der Waals surface area contributed by atoms with Crippen molar-refractivity contribution in [2.75, 3.05) is 26.1 Å². The molecule has 1 aromatic rings. The Bertz CT molecular complexity index is 552. The fourth-order valence-electron chi connectivity index (χ4n) is 2.16. The number of rotatable bonds is 7. The molecular formula is C13H24N2O3S2. The molecule has 1 N–H and O–H groups in total. The van der Waals surface area contributed by atoms with Gasteiger partial charge in [0, 0.05) is 31.0 Å². The molecule has 5 nitrogen and oxygen atoms in total. The van der Waals surface area contributed by atoms with Crippen LogP contribution in [0.1, 0.15) is 24.0 Å². The molecule has 0 fully saturated rings. The molecule has 0 radical (unpaired) electrons. The summed E-state index contributed by atoms with van der Waals surface area (Å²) >= 11 is 1.63. The Hall–Kier alpha value is -0.500. The van der Waals surface area contributed by atoms with Crippen LogP contribution < -0.4 is 5.32 Å². The van der Waals surface area contributed by atoms with Crippen LogP contribution in [0.5, 0.6) is 0 Å². The Kier molecular flexibility index (Phi) is 6.12. The van der Waals surface area contributed by atoms with Gasteiger partial charge < -0.3 is 9.73 Å². The van der Waals surface area contributed by atoms with Crippen LogP contribution in [0.2, 0.25) is 0 Å². The van der Waals surface area contributed by atoms with E-state index < -0.39 is 10.0 Å². The van der Waals surface area contributed by atoms with Crippen LogP contribution in [0.15, 0.2) is 9.31 Å². The lowest BCUT2D eigenvalue weighted by Crippen LogP contribution is -2.37. The molecule has 1 heterocycles. The molecule has 1 atom stereocenters. The van der Waals surface area contributed by atoms with E-state index in [4.69, 9.17) is 4.42 Å². The van der Waals surface area contributed by atoms with E-state index in [0.717, 1.165) is 5.75 Å². The first-order valence-corrected chi connectivity index (χ1v) is 9.31. The van der Waals surface area contributed by atoms with Gasteiger partial charge in [-0.3, -0.25) is 0 Å². The number of thioether (sulfide) groups is 1. The van der Waals surface area contributed by atoms with E-state index in [1.54, 1.807) is 39.7 Å². The molecular weight excluding hydrogens is 296 g/mol. The summed E-state index contributed by atoms with van der Waals surface area (Å²) in [5.74, 6) is 1.87. The Labute approximate surface area is 126 Å². The zero-order valence-electron chi connectivity index (χ0n) is 13.0. The third-order valence-electron chi connectivity index (χ3n) is 3.34. The van der Waals surface area contributed by atoms with Crippen molar-refractivity contribution in [2.24, 2.45) is 0 Å². The molecule has 0 aliphatic rings. The molecule has 0 aliphatic heterocycles. The molecule has 0 amide bonds. The Morgan fingerprint density at radius 2 is 1.95 bits per heavy atom. The highest BCUT2D eigenvalue weighted by Gasteiger charge is 2.32. The van der Waals surface area contributed by atoms with Gasteiger partial charge in [-0.25, -0.2) is 8.42 Å². The van der Waals surface area contributed by atoms with Crippen LogP contribution in [0.25, 0.3) is 0 Å². The first-order valence-electron chi connectivity index (χ1n) is 6.47. The molecule has 0 saturated carbocycles. The minimum atomic E-state index is -3.54. The maximum atomic E-state index is 12.8. The van der Waals surface area contributed by atoms with Crippen LogP contribution in [0, 0.1) is 13.8 Å². The van der Waals surface area contributed by atoms with Gasteiger partial charge >= 0.3 is 0 Å². The summed E-state index contributed by atoms with van der Waals surface area (Å²) in [6.07, 6.45) is 1.97. The summed E-state index contributed by atoms with van der Waals surface area (Å²) in [6.45, 7) is 5.88. The van der Waals surface area contributed by atoms with Crippen molar-refractivity contribution in [1.29, 1.82) is 0 Å². The molecule has 20 heavy (non-hydrogen) atoms. The van der Waals surface area contributed by atoms with E-state index in [0.29, 0.717) is 28.5 Å². The molecule has 116 valence electrons. The number of sulfonamides is 1. The van der Waals surface area contributed by atoms with Gasteiger partial charge in [0.2, 0.25) is 10.0 Å². The van der Waals surface area contributed by atoms with E-state index in [1.165, 1.54) is 4.31 Å². The van der Waals surface area contributed by atoms with Crippen molar-refractivity contribution in [3.8, 4) is 0 Å². The van der Waals surface area contributed by atoms with Crippen molar-refractivity contribution >= 4 is 21.8 Å². The molecule has 0 aromatic carbocycles. The second kappa shape index (κ2) is 6.98. The summed E-state index contributed by atoms with van der Waals surface area (Å²) in [4.78, 5) is 0.305. The second-order valence-corrected chi connectivity index (χ2v) is 7.72. The highest BCUT2D eigenvalue weighted by atomic mass is 32.2. The smallest absolute Gasteiger partial charge is 0.246 e. The topological polar surface area (TPSA) is 62.6 Å².